The number of aryl methyl sites for hydroxylation is 1. The number of carboxylic acids is 1. The molecule has 0 saturated carbocycles. The molecule has 714 valence electrons. The van der Waals surface area contributed by atoms with Crippen molar-refractivity contribution >= 4 is 134 Å². The maximum absolute atomic E-state index is 14.1. The number of oxime groups is 2. The number of Topliss-reactive ketones (excluding diaryl/α,β-unsaturated/α-hetero) is 2. The van der Waals surface area contributed by atoms with Crippen LogP contribution in [-0.4, -0.2) is 216 Å². The molecule has 32 nitrogen and oxygen atoms in total. The van der Waals surface area contributed by atoms with Crippen LogP contribution in [0.25, 0.3) is 0 Å². The third-order valence-corrected chi connectivity index (χ3v) is 22.9. The second-order valence-electron chi connectivity index (χ2n) is 33.4. The van der Waals surface area contributed by atoms with Gasteiger partial charge in [0.25, 0.3) is 11.8 Å². The Morgan fingerprint density at radius 2 is 0.895 bits per heavy atom. The van der Waals surface area contributed by atoms with E-state index in [9.17, 15) is 33.6 Å². The van der Waals surface area contributed by atoms with E-state index in [1.807, 2.05) is 109 Å². The second-order valence-corrected chi connectivity index (χ2v) is 36.4. The number of hydrogen-bond acceptors (Lipinski definition) is 27. The van der Waals surface area contributed by atoms with E-state index >= 15 is 0 Å². The summed E-state index contributed by atoms with van der Waals surface area (Å²) in [6.45, 7) is 25.5. The van der Waals surface area contributed by atoms with Gasteiger partial charge in [-0.25, -0.2) is 49.3 Å². The molecule has 3 fully saturated rings. The number of aromatic nitrogens is 7. The molecule has 0 aliphatic carbocycles. The van der Waals surface area contributed by atoms with E-state index < -0.39 is 34.5 Å². The van der Waals surface area contributed by atoms with Crippen molar-refractivity contribution in [2.24, 2.45) is 10.3 Å². The van der Waals surface area contributed by atoms with Crippen molar-refractivity contribution in [2.45, 2.75) is 188 Å². The standard InChI is InChI=1S/C29H36N4O6.C24H28N4O4.C17H27N3O3.C7H8BrNO.C6H4BrNO2.C6H6BrNO.C6H6BrN.CH3.W/c1-28(2,3)38-27(36)32-16-8-10-22(17-32)33(25-21(18-37-6)9-7-15-30-25)26(35)20-13-11-19(12-14-20)23-24(34)29(4,5)39-31-23;1-24(2)21(29)20(27-32-24)16-8-10-17(11-9-16)23(30)28(19-7-5-12-25-14-19)22-18(15-31-3)6-4-13-26-22;1-17(2,3)23-16(21)20-10-6-8-14(11-20)19-15-13(12-22-4)7-5-9-18-15;1-10-5-6-3-2-4-9-7(6)8;7-5-4(6(9)10)2-1-3-8-5;7-6-5(4-9)2-1-3-8-6;1-5-3-2-4-8-6(5)7;;/h7,9,11-15,22H,8,10,16-18H2,1-6H3;4,6,8-11,13,19,25H,5,7,12,14-15H2,1-3H3;5,7,9,14H,6,8,10-12H2,1-4H3,(H,18,19);2-4H,5H2,1H3;1-3H,(H,9,10);1-3,9H,4H2;2-4H,1H3;1H3;/q;;;;;;;-1;/t22-;19-;14-;;;;;;/m111....../s1. The normalized spacial score (nSPS) is 16.2. The van der Waals surface area contributed by atoms with Crippen LogP contribution >= 0.6 is 63.7 Å². The number of carboxylic acid groups (broad SMARTS) is 1. The summed E-state index contributed by atoms with van der Waals surface area (Å²) in [7, 11) is 6.55. The zero-order valence-corrected chi connectivity index (χ0v) is 87.0. The Morgan fingerprint density at radius 1 is 0.504 bits per heavy atom. The van der Waals surface area contributed by atoms with Crippen LogP contribution in [-0.2, 0) is 102 Å². The van der Waals surface area contributed by atoms with Crippen molar-refractivity contribution < 1.29 is 103 Å². The summed E-state index contributed by atoms with van der Waals surface area (Å²) in [5, 5.41) is 31.9. The van der Waals surface area contributed by atoms with Gasteiger partial charge >= 0.3 is 18.2 Å². The number of aliphatic hydroxyl groups is 1. The summed E-state index contributed by atoms with van der Waals surface area (Å²) < 4.78 is 34.8. The number of likely N-dealkylation sites (tertiary alicyclic amines) is 2. The van der Waals surface area contributed by atoms with Crippen LogP contribution in [0.1, 0.15) is 183 Å². The molecule has 0 bridgehead atoms. The molecule has 3 saturated heterocycles. The number of aromatic carboxylic acids is 1. The SMILES string of the molecule is COCc1cccnc1Br.COCc1cccnc1N(C(=O)c1ccc(C2=NOC(C)(C)C2=O)cc1)[C@@H]1CCCN(C(=O)OC(C)(C)C)C1.COCc1cccnc1N(C(=O)c1ccc(C2=NOC(C)(C)C2=O)cc1)[C@@H]1CCCNC1.COCc1cccnc1N[C@@H]1CCCN(C(=O)OC(C)(C)C)C1.Cc1cccnc1Br.O=C(O)c1cccnc1Br.OCc1cccnc1Br.[CH3-].[W]. The first-order valence-corrected chi connectivity index (χ1v) is 45.5. The topological polar surface area (TPSA) is 386 Å². The molecule has 14 rings (SSSR count). The third-order valence-electron chi connectivity index (χ3n) is 20.0. The van der Waals surface area contributed by atoms with Crippen molar-refractivity contribution in [2.75, 3.05) is 82.8 Å². The minimum atomic E-state index is -1.02. The minimum absolute atomic E-state index is 0. The Morgan fingerprint density at radius 3 is 1.29 bits per heavy atom. The van der Waals surface area contributed by atoms with Gasteiger partial charge in [0, 0.05) is 182 Å². The number of aliphatic hydroxyl groups excluding tert-OH is 1. The Labute approximate surface area is 826 Å². The number of halogens is 4. The van der Waals surface area contributed by atoms with Crippen molar-refractivity contribution in [1.82, 2.24) is 50.0 Å². The molecular weight excluding hydrogens is 2140 g/mol. The van der Waals surface area contributed by atoms with E-state index in [0.29, 0.717) is 102 Å². The fourth-order valence-electron chi connectivity index (χ4n) is 13.5. The molecule has 133 heavy (non-hydrogen) atoms. The molecule has 0 spiro atoms. The molecule has 2 aromatic carbocycles. The fraction of sp³-hybridized carbons (Fsp3) is 0.406. The first-order chi connectivity index (χ1) is 62.4. The van der Waals surface area contributed by atoms with Crippen LogP contribution in [0.5, 0.6) is 0 Å². The summed E-state index contributed by atoms with van der Waals surface area (Å²) in [6, 6.07) is 39.2. The van der Waals surface area contributed by atoms with Crippen LogP contribution in [0.15, 0.2) is 206 Å². The van der Waals surface area contributed by atoms with Gasteiger partial charge in [-0.15, -0.1) is 0 Å². The summed E-state index contributed by atoms with van der Waals surface area (Å²) in [5.41, 5.74) is 5.42. The average molecular weight is 2260 g/mol. The number of anilines is 3. The number of rotatable bonds is 20. The molecule has 0 unspecified atom stereocenters. The first kappa shape index (κ1) is 112. The molecule has 9 aromatic rings. The van der Waals surface area contributed by atoms with Crippen LogP contribution in [0.2, 0.25) is 0 Å². The molecule has 3 atom stereocenters. The van der Waals surface area contributed by atoms with Gasteiger partial charge in [-0.3, -0.25) is 29.0 Å². The maximum Gasteiger partial charge on any atom is 0.410 e. The van der Waals surface area contributed by atoms with Gasteiger partial charge in [0.05, 0.1) is 50.7 Å². The maximum atomic E-state index is 14.1. The van der Waals surface area contributed by atoms with Gasteiger partial charge in [-0.05, 0) is 263 Å². The molecule has 7 aromatic heterocycles. The summed E-state index contributed by atoms with van der Waals surface area (Å²) in [4.78, 5) is 135. The fourth-order valence-corrected chi connectivity index (χ4v) is 14.9. The summed E-state index contributed by atoms with van der Waals surface area (Å²) in [5.74, 6) is 0.139. The Bertz CT molecular complexity index is 5330. The summed E-state index contributed by atoms with van der Waals surface area (Å²) in [6.07, 6.45) is 16.3. The number of ether oxygens (including phenoxy) is 6. The van der Waals surface area contributed by atoms with Crippen molar-refractivity contribution in [3.8, 4) is 0 Å². The van der Waals surface area contributed by atoms with Crippen LogP contribution in [0, 0.1) is 14.4 Å². The largest absolute Gasteiger partial charge is 0.478 e. The Kier molecular flexibility index (Phi) is 45.7. The van der Waals surface area contributed by atoms with Gasteiger partial charge < -0.3 is 76.2 Å². The van der Waals surface area contributed by atoms with Gasteiger partial charge in [0.15, 0.2) is 22.6 Å². The van der Waals surface area contributed by atoms with Crippen LogP contribution < -0.4 is 20.4 Å². The molecule has 12 heterocycles. The molecule has 0 radical (unpaired) electrons. The molecule has 4 N–H and O–H groups in total. The number of ketones is 2. The third kappa shape index (κ3) is 34.0. The zero-order valence-electron chi connectivity index (χ0n) is 77.7. The van der Waals surface area contributed by atoms with Crippen LogP contribution in [0.4, 0.5) is 27.0 Å². The van der Waals surface area contributed by atoms with E-state index in [1.165, 1.54) is 17.8 Å². The van der Waals surface area contributed by atoms with Crippen molar-refractivity contribution in [3.05, 3.63) is 264 Å². The predicted molar refractivity (Wildman–Crippen MR) is 518 cm³/mol. The molecule has 5 aliphatic rings. The Hall–Kier alpha value is -10.1. The van der Waals surface area contributed by atoms with Gasteiger partial charge in [-0.2, -0.15) is 0 Å². The number of carbonyl (C=O) groups is 7. The second kappa shape index (κ2) is 54.4. The van der Waals surface area contributed by atoms with Gasteiger partial charge in [-0.1, -0.05) is 71.0 Å². The minimum Gasteiger partial charge on any atom is -0.478 e. The van der Waals surface area contributed by atoms with E-state index in [4.69, 9.17) is 48.3 Å². The predicted octanol–water partition coefficient (Wildman–Crippen LogP) is 17.6. The number of nitrogens with one attached hydrogen (secondary N) is 2. The monoisotopic (exact) mass is 2250 g/mol. The van der Waals surface area contributed by atoms with Gasteiger partial charge in [0.1, 0.15) is 47.1 Å². The van der Waals surface area contributed by atoms with E-state index in [2.05, 4.69) is 120 Å². The zero-order chi connectivity index (χ0) is 95.6. The Balaban J connectivity index is 0.000000258. The number of pyridine rings is 7. The molecule has 5 aliphatic heterocycles. The molecule has 4 amide bonds. The van der Waals surface area contributed by atoms with E-state index in [-0.39, 0.29) is 106 Å². The van der Waals surface area contributed by atoms with Crippen LogP contribution in [0.3, 0.4) is 0 Å². The van der Waals surface area contributed by atoms with Crippen molar-refractivity contribution in [3.63, 3.8) is 0 Å². The van der Waals surface area contributed by atoms with E-state index in [0.717, 1.165) is 81.6 Å². The number of carbonyl (C=O) groups excluding carboxylic acids is 6. The molecular formula is C96H118Br4N15O17W-. The summed E-state index contributed by atoms with van der Waals surface area (Å²) >= 11 is 12.8. The number of nitrogens with zero attached hydrogens (tertiary/aromatic N) is 13. The van der Waals surface area contributed by atoms with Gasteiger partial charge in [0.2, 0.25) is 11.6 Å². The smallest absolute Gasteiger partial charge is 0.410 e. The van der Waals surface area contributed by atoms with Crippen molar-refractivity contribution in [1.29, 1.82) is 0 Å². The average Bonchev–Trinajstić information content (AvgIpc) is 1.02. The number of piperidine rings is 3. The number of methoxy groups -OCH3 is 4. The molecule has 37 heteroatoms. The number of amides is 4. The number of hydrogen-bond donors (Lipinski definition) is 4. The number of benzene rings is 2. The first-order valence-electron chi connectivity index (χ1n) is 42.3. The van der Waals surface area contributed by atoms with E-state index in [1.54, 1.807) is 180 Å². The quantitative estimate of drug-likeness (QED) is 0.0407.